The molecule has 1 aliphatic rings. The van der Waals surface area contributed by atoms with E-state index < -0.39 is 10.0 Å². The van der Waals surface area contributed by atoms with Crippen molar-refractivity contribution in [3.05, 3.63) is 59.7 Å². The van der Waals surface area contributed by atoms with Crippen LogP contribution < -0.4 is 14.8 Å². The molecule has 3 rings (SSSR count). The van der Waals surface area contributed by atoms with Gasteiger partial charge in [-0.1, -0.05) is 18.2 Å². The number of methoxy groups -OCH3 is 1. The molecule has 0 heterocycles. The highest BCUT2D eigenvalue weighted by Gasteiger charge is 2.24. The third kappa shape index (κ3) is 4.62. The van der Waals surface area contributed by atoms with Gasteiger partial charge >= 0.3 is 0 Å². The van der Waals surface area contributed by atoms with Gasteiger partial charge in [-0.2, -0.15) is 0 Å². The van der Waals surface area contributed by atoms with E-state index in [1.165, 1.54) is 24.3 Å². The van der Waals surface area contributed by atoms with Gasteiger partial charge in [0.05, 0.1) is 12.0 Å². The highest BCUT2D eigenvalue weighted by atomic mass is 32.2. The number of carbonyl (C=O) groups excluding carboxylic acids is 1. The molecule has 26 heavy (non-hydrogen) atoms. The number of para-hydroxylation sites is 1. The predicted octanol–water partition coefficient (Wildman–Crippen LogP) is 2.11. The van der Waals surface area contributed by atoms with E-state index in [2.05, 4.69) is 10.0 Å². The third-order valence-corrected chi connectivity index (χ3v) is 5.70. The first-order valence-electron chi connectivity index (χ1n) is 8.52. The van der Waals surface area contributed by atoms with E-state index >= 15 is 0 Å². The second-order valence-electron chi connectivity index (χ2n) is 6.23. The average Bonchev–Trinajstić information content (AvgIpc) is 3.46. The van der Waals surface area contributed by atoms with Gasteiger partial charge in [0.1, 0.15) is 5.75 Å². The average molecular weight is 374 g/mol. The first-order chi connectivity index (χ1) is 12.5. The summed E-state index contributed by atoms with van der Waals surface area (Å²) in [6, 6.07) is 13.7. The molecule has 0 radical (unpaired) electrons. The number of hydrogen-bond donors (Lipinski definition) is 2. The second kappa shape index (κ2) is 7.88. The zero-order chi connectivity index (χ0) is 18.6. The van der Waals surface area contributed by atoms with Crippen molar-refractivity contribution in [2.45, 2.75) is 30.2 Å². The largest absolute Gasteiger partial charge is 0.496 e. The molecule has 0 saturated heterocycles. The molecule has 1 fully saturated rings. The summed E-state index contributed by atoms with van der Waals surface area (Å²) in [6.45, 7) is 0.257. The van der Waals surface area contributed by atoms with Crippen LogP contribution in [0.25, 0.3) is 0 Å². The van der Waals surface area contributed by atoms with Gasteiger partial charge in [0, 0.05) is 18.2 Å². The van der Waals surface area contributed by atoms with E-state index in [1.807, 2.05) is 24.3 Å². The topological polar surface area (TPSA) is 84.5 Å². The molecule has 0 aromatic heterocycles. The normalized spacial score (nSPS) is 14.0. The highest BCUT2D eigenvalue weighted by Crippen LogP contribution is 2.20. The van der Waals surface area contributed by atoms with Crippen LogP contribution >= 0.6 is 0 Å². The summed E-state index contributed by atoms with van der Waals surface area (Å²) in [6.07, 6.45) is 2.54. The van der Waals surface area contributed by atoms with Crippen LogP contribution in [0.2, 0.25) is 0 Å². The molecule has 2 N–H and O–H groups in total. The quantitative estimate of drug-likeness (QED) is 0.741. The standard InChI is InChI=1S/C19H22N2O4S/c1-25-18-5-3-2-4-14(18)12-13-20-26(23,24)17-10-6-15(7-11-17)19(22)21-16-8-9-16/h2-7,10-11,16,20H,8-9,12-13H2,1H3,(H,21,22). The van der Waals surface area contributed by atoms with Crippen molar-refractivity contribution in [1.29, 1.82) is 0 Å². The Bertz CT molecular complexity index is 875. The van der Waals surface area contributed by atoms with Gasteiger partial charge in [0.2, 0.25) is 10.0 Å². The maximum Gasteiger partial charge on any atom is 0.251 e. The molecule has 1 aliphatic carbocycles. The van der Waals surface area contributed by atoms with Crippen LogP contribution in [0.1, 0.15) is 28.8 Å². The molecule has 2 aromatic carbocycles. The van der Waals surface area contributed by atoms with Gasteiger partial charge in [0.15, 0.2) is 0 Å². The minimum atomic E-state index is -3.63. The Balaban J connectivity index is 1.59. The summed E-state index contributed by atoms with van der Waals surface area (Å²) in [7, 11) is -2.04. The van der Waals surface area contributed by atoms with Crippen LogP contribution in [-0.4, -0.2) is 34.0 Å². The monoisotopic (exact) mass is 374 g/mol. The minimum absolute atomic E-state index is 0.139. The Kier molecular flexibility index (Phi) is 5.58. The number of nitrogens with one attached hydrogen (secondary N) is 2. The fourth-order valence-electron chi connectivity index (χ4n) is 2.59. The van der Waals surface area contributed by atoms with E-state index in [1.54, 1.807) is 7.11 Å². The summed E-state index contributed by atoms with van der Waals surface area (Å²) in [5.74, 6) is 0.568. The van der Waals surface area contributed by atoms with Crippen LogP contribution in [0.15, 0.2) is 53.4 Å². The molecule has 6 nitrogen and oxygen atoms in total. The molecule has 1 amide bonds. The first kappa shape index (κ1) is 18.4. The Morgan fingerprint density at radius 1 is 1.12 bits per heavy atom. The van der Waals surface area contributed by atoms with Crippen LogP contribution in [0.3, 0.4) is 0 Å². The summed E-state index contributed by atoms with van der Waals surface area (Å²) in [5, 5.41) is 2.88. The van der Waals surface area contributed by atoms with E-state index in [9.17, 15) is 13.2 Å². The van der Waals surface area contributed by atoms with Crippen molar-refractivity contribution in [2.75, 3.05) is 13.7 Å². The Morgan fingerprint density at radius 2 is 1.81 bits per heavy atom. The van der Waals surface area contributed by atoms with E-state index in [-0.39, 0.29) is 23.4 Å². The number of amides is 1. The molecule has 0 aliphatic heterocycles. The number of ether oxygens (including phenoxy) is 1. The Hall–Kier alpha value is -2.38. The molecular weight excluding hydrogens is 352 g/mol. The number of carbonyl (C=O) groups is 1. The van der Waals surface area contributed by atoms with Gasteiger partial charge in [-0.05, 0) is 55.2 Å². The summed E-state index contributed by atoms with van der Waals surface area (Å²) >= 11 is 0. The Labute approximate surface area is 153 Å². The van der Waals surface area contributed by atoms with Crippen molar-refractivity contribution in [3.63, 3.8) is 0 Å². The molecule has 138 valence electrons. The smallest absolute Gasteiger partial charge is 0.251 e. The van der Waals surface area contributed by atoms with Gasteiger partial charge in [-0.25, -0.2) is 13.1 Å². The number of sulfonamides is 1. The number of benzene rings is 2. The zero-order valence-corrected chi connectivity index (χ0v) is 15.4. The summed E-state index contributed by atoms with van der Waals surface area (Å²) in [4.78, 5) is 12.1. The number of rotatable bonds is 8. The van der Waals surface area contributed by atoms with E-state index in [4.69, 9.17) is 4.74 Å². The third-order valence-electron chi connectivity index (χ3n) is 4.22. The maximum absolute atomic E-state index is 12.4. The fourth-order valence-corrected chi connectivity index (χ4v) is 3.63. The van der Waals surface area contributed by atoms with E-state index in [0.717, 1.165) is 24.2 Å². The van der Waals surface area contributed by atoms with Gasteiger partial charge in [0.25, 0.3) is 5.91 Å². The Morgan fingerprint density at radius 3 is 2.46 bits per heavy atom. The van der Waals surface area contributed by atoms with Gasteiger partial charge in [-0.3, -0.25) is 4.79 Å². The molecule has 2 aromatic rings. The summed E-state index contributed by atoms with van der Waals surface area (Å²) < 4.78 is 32.7. The lowest BCUT2D eigenvalue weighted by atomic mass is 10.1. The zero-order valence-electron chi connectivity index (χ0n) is 14.6. The maximum atomic E-state index is 12.4. The second-order valence-corrected chi connectivity index (χ2v) is 8.00. The molecular formula is C19H22N2O4S. The lowest BCUT2D eigenvalue weighted by Gasteiger charge is -2.10. The predicted molar refractivity (Wildman–Crippen MR) is 98.8 cm³/mol. The number of hydrogen-bond acceptors (Lipinski definition) is 4. The molecule has 1 saturated carbocycles. The van der Waals surface area contributed by atoms with Crippen molar-refractivity contribution in [3.8, 4) is 5.75 Å². The summed E-state index contributed by atoms with van der Waals surface area (Å²) in [5.41, 5.74) is 1.40. The molecule has 0 unspecified atom stereocenters. The lowest BCUT2D eigenvalue weighted by Crippen LogP contribution is -2.27. The van der Waals surface area contributed by atoms with Crippen LogP contribution in [0.5, 0.6) is 5.75 Å². The van der Waals surface area contributed by atoms with Crippen LogP contribution in [-0.2, 0) is 16.4 Å². The van der Waals surface area contributed by atoms with Crippen molar-refractivity contribution < 1.29 is 17.9 Å². The van der Waals surface area contributed by atoms with Crippen LogP contribution in [0, 0.1) is 0 Å². The SMILES string of the molecule is COc1ccccc1CCNS(=O)(=O)c1ccc(C(=O)NC2CC2)cc1. The lowest BCUT2D eigenvalue weighted by molar-refractivity contribution is 0.0951. The van der Waals surface area contributed by atoms with E-state index in [0.29, 0.717) is 12.0 Å². The first-order valence-corrected chi connectivity index (χ1v) is 10.0. The van der Waals surface area contributed by atoms with Crippen LogP contribution in [0.4, 0.5) is 0 Å². The fraction of sp³-hybridized carbons (Fsp3) is 0.316. The molecule has 7 heteroatoms. The van der Waals surface area contributed by atoms with Gasteiger partial charge < -0.3 is 10.1 Å². The highest BCUT2D eigenvalue weighted by molar-refractivity contribution is 7.89. The van der Waals surface area contributed by atoms with Crippen molar-refractivity contribution in [2.24, 2.45) is 0 Å². The minimum Gasteiger partial charge on any atom is -0.496 e. The van der Waals surface area contributed by atoms with Crippen molar-refractivity contribution >= 4 is 15.9 Å². The molecule has 0 spiro atoms. The molecule has 0 atom stereocenters. The molecule has 0 bridgehead atoms. The van der Waals surface area contributed by atoms with Gasteiger partial charge in [-0.15, -0.1) is 0 Å². The van der Waals surface area contributed by atoms with Crippen molar-refractivity contribution in [1.82, 2.24) is 10.0 Å².